The first-order chi connectivity index (χ1) is 8.58. The number of hydrogen-bond donors (Lipinski definition) is 2. The Hall–Kier alpha value is -1.79. The van der Waals surface area contributed by atoms with Crippen LogP contribution >= 0.6 is 23.4 Å². The molecule has 0 bridgehead atoms. The number of carbonyl (C=O) groups excluding carboxylic acids is 1. The topological polar surface area (TPSA) is 88.8 Å². The third kappa shape index (κ3) is 2.91. The van der Waals surface area contributed by atoms with Gasteiger partial charge in [0.15, 0.2) is 5.16 Å². The summed E-state index contributed by atoms with van der Waals surface area (Å²) in [6.07, 6.45) is 0.709. The molecule has 0 atom stereocenters. The molecule has 18 heavy (non-hydrogen) atoms. The minimum Gasteiger partial charge on any atom is -0.383 e. The molecule has 1 aromatic carbocycles. The standard InChI is InChI=1S/C11H8ClN3O2S/c12-7-3-6(5-16)1-2-8(7)18-11-14-9(13)4-10(17)15-11/h1-5H,(H3,13,14,15,17). The van der Waals surface area contributed by atoms with Gasteiger partial charge in [-0.05, 0) is 12.1 Å². The molecule has 0 unspecified atom stereocenters. The average Bonchev–Trinajstić information content (AvgIpc) is 2.30. The van der Waals surface area contributed by atoms with Crippen LogP contribution in [0, 0.1) is 0 Å². The van der Waals surface area contributed by atoms with E-state index in [4.69, 9.17) is 17.3 Å². The summed E-state index contributed by atoms with van der Waals surface area (Å²) in [5, 5.41) is 0.760. The van der Waals surface area contributed by atoms with Gasteiger partial charge < -0.3 is 10.7 Å². The molecule has 7 heteroatoms. The number of aromatic amines is 1. The number of aromatic nitrogens is 2. The van der Waals surface area contributed by atoms with Crippen molar-refractivity contribution in [3.05, 3.63) is 45.2 Å². The lowest BCUT2D eigenvalue weighted by molar-refractivity contribution is 0.112. The number of halogens is 1. The second kappa shape index (κ2) is 5.24. The first-order valence-corrected chi connectivity index (χ1v) is 6.07. The number of carbonyl (C=O) groups is 1. The van der Waals surface area contributed by atoms with Gasteiger partial charge in [0.2, 0.25) is 0 Å². The second-order valence-corrected chi connectivity index (χ2v) is 4.82. The van der Waals surface area contributed by atoms with E-state index in [1.54, 1.807) is 18.2 Å². The van der Waals surface area contributed by atoms with Crippen LogP contribution in [0.3, 0.4) is 0 Å². The van der Waals surface area contributed by atoms with Crippen molar-refractivity contribution in [1.29, 1.82) is 0 Å². The van der Waals surface area contributed by atoms with E-state index in [1.165, 1.54) is 17.8 Å². The highest BCUT2D eigenvalue weighted by atomic mass is 35.5. The van der Waals surface area contributed by atoms with Crippen LogP contribution in [0.25, 0.3) is 0 Å². The van der Waals surface area contributed by atoms with Crippen LogP contribution < -0.4 is 11.3 Å². The monoisotopic (exact) mass is 281 g/mol. The molecule has 2 rings (SSSR count). The van der Waals surface area contributed by atoms with Crippen LogP contribution in [-0.4, -0.2) is 16.3 Å². The number of nitrogens with zero attached hydrogens (tertiary/aromatic N) is 1. The molecule has 1 heterocycles. The highest BCUT2D eigenvalue weighted by Crippen LogP contribution is 2.31. The summed E-state index contributed by atoms with van der Waals surface area (Å²) in [6, 6.07) is 6.05. The molecule has 0 saturated heterocycles. The molecular weight excluding hydrogens is 274 g/mol. The lowest BCUT2D eigenvalue weighted by atomic mass is 10.2. The van der Waals surface area contributed by atoms with Crippen molar-refractivity contribution in [2.45, 2.75) is 10.1 Å². The Kier molecular flexibility index (Phi) is 3.69. The Bertz CT molecular complexity index is 657. The van der Waals surface area contributed by atoms with Gasteiger partial charge in [-0.25, -0.2) is 4.98 Å². The quantitative estimate of drug-likeness (QED) is 0.663. The Morgan fingerprint density at radius 1 is 1.39 bits per heavy atom. The molecule has 0 fully saturated rings. The number of H-pyrrole nitrogens is 1. The maximum absolute atomic E-state index is 11.2. The fourth-order valence-corrected chi connectivity index (χ4v) is 2.39. The molecule has 92 valence electrons. The first kappa shape index (κ1) is 12.7. The maximum Gasteiger partial charge on any atom is 0.253 e. The van der Waals surface area contributed by atoms with Crippen molar-refractivity contribution in [3.63, 3.8) is 0 Å². The summed E-state index contributed by atoms with van der Waals surface area (Å²) in [6.45, 7) is 0. The van der Waals surface area contributed by atoms with Gasteiger partial charge in [-0.15, -0.1) is 0 Å². The summed E-state index contributed by atoms with van der Waals surface area (Å²) in [4.78, 5) is 29.0. The van der Waals surface area contributed by atoms with Crippen LogP contribution in [0.5, 0.6) is 0 Å². The number of hydrogen-bond acceptors (Lipinski definition) is 5. The van der Waals surface area contributed by atoms with Gasteiger partial charge in [-0.3, -0.25) is 9.59 Å². The van der Waals surface area contributed by atoms with E-state index in [2.05, 4.69) is 9.97 Å². The van der Waals surface area contributed by atoms with Gasteiger partial charge >= 0.3 is 0 Å². The van der Waals surface area contributed by atoms with Gasteiger partial charge in [0.25, 0.3) is 5.56 Å². The lowest BCUT2D eigenvalue weighted by Crippen LogP contribution is -2.09. The fourth-order valence-electron chi connectivity index (χ4n) is 1.28. The molecule has 0 aliphatic heterocycles. The van der Waals surface area contributed by atoms with Crippen molar-refractivity contribution >= 4 is 35.5 Å². The number of benzene rings is 1. The van der Waals surface area contributed by atoms with Gasteiger partial charge in [-0.2, -0.15) is 0 Å². The zero-order valence-electron chi connectivity index (χ0n) is 9.01. The summed E-state index contributed by atoms with van der Waals surface area (Å²) < 4.78 is 0. The van der Waals surface area contributed by atoms with Crippen LogP contribution in [0.1, 0.15) is 10.4 Å². The molecule has 0 radical (unpaired) electrons. The van der Waals surface area contributed by atoms with E-state index < -0.39 is 0 Å². The molecule has 0 aliphatic carbocycles. The molecule has 3 N–H and O–H groups in total. The third-order valence-corrected chi connectivity index (χ3v) is 3.43. The number of rotatable bonds is 3. The van der Waals surface area contributed by atoms with Gasteiger partial charge in [0.05, 0.1) is 5.02 Å². The van der Waals surface area contributed by atoms with E-state index in [9.17, 15) is 9.59 Å². The number of anilines is 1. The van der Waals surface area contributed by atoms with Crippen molar-refractivity contribution in [2.75, 3.05) is 5.73 Å². The predicted molar refractivity (Wildman–Crippen MR) is 70.2 cm³/mol. The number of nitrogen functional groups attached to an aromatic ring is 1. The molecule has 0 spiro atoms. The average molecular weight is 282 g/mol. The molecule has 2 aromatic rings. The smallest absolute Gasteiger partial charge is 0.253 e. The van der Waals surface area contributed by atoms with Crippen LogP contribution in [-0.2, 0) is 0 Å². The summed E-state index contributed by atoms with van der Waals surface area (Å²) in [5.41, 5.74) is 5.63. The Morgan fingerprint density at radius 3 is 2.78 bits per heavy atom. The zero-order chi connectivity index (χ0) is 13.1. The van der Waals surface area contributed by atoms with Gasteiger partial charge in [0.1, 0.15) is 12.1 Å². The summed E-state index contributed by atoms with van der Waals surface area (Å²) in [7, 11) is 0. The van der Waals surface area contributed by atoms with E-state index in [-0.39, 0.29) is 11.4 Å². The van der Waals surface area contributed by atoms with E-state index in [0.29, 0.717) is 26.9 Å². The summed E-state index contributed by atoms with van der Waals surface area (Å²) >= 11 is 7.17. The Morgan fingerprint density at radius 2 is 2.17 bits per heavy atom. The predicted octanol–water partition coefficient (Wildman–Crippen LogP) is 1.97. The fraction of sp³-hybridized carbons (Fsp3) is 0. The minimum absolute atomic E-state index is 0.141. The number of nitrogens with two attached hydrogens (primary N) is 1. The van der Waals surface area contributed by atoms with Crippen molar-refractivity contribution in [2.24, 2.45) is 0 Å². The van der Waals surface area contributed by atoms with Crippen molar-refractivity contribution < 1.29 is 4.79 Å². The van der Waals surface area contributed by atoms with Crippen molar-refractivity contribution in [1.82, 2.24) is 9.97 Å². The Labute approximate surface area is 111 Å². The van der Waals surface area contributed by atoms with Crippen LogP contribution in [0.4, 0.5) is 5.82 Å². The van der Waals surface area contributed by atoms with Crippen molar-refractivity contribution in [3.8, 4) is 0 Å². The molecule has 0 amide bonds. The Balaban J connectivity index is 2.33. The normalized spacial score (nSPS) is 10.3. The van der Waals surface area contributed by atoms with Crippen LogP contribution in [0.15, 0.2) is 39.1 Å². The largest absolute Gasteiger partial charge is 0.383 e. The summed E-state index contributed by atoms with van der Waals surface area (Å²) in [5.74, 6) is 0.141. The van der Waals surface area contributed by atoms with Crippen LogP contribution in [0.2, 0.25) is 5.02 Å². The molecule has 0 saturated carbocycles. The highest BCUT2D eigenvalue weighted by molar-refractivity contribution is 7.99. The first-order valence-electron chi connectivity index (χ1n) is 4.88. The second-order valence-electron chi connectivity index (χ2n) is 3.39. The third-order valence-electron chi connectivity index (χ3n) is 2.04. The molecule has 1 aromatic heterocycles. The van der Waals surface area contributed by atoms with Gasteiger partial charge in [0, 0.05) is 16.5 Å². The van der Waals surface area contributed by atoms with E-state index in [1.807, 2.05) is 0 Å². The maximum atomic E-state index is 11.2. The zero-order valence-corrected chi connectivity index (χ0v) is 10.6. The highest BCUT2D eigenvalue weighted by Gasteiger charge is 2.06. The number of nitrogens with one attached hydrogen (secondary N) is 1. The number of aldehydes is 1. The molecule has 5 nitrogen and oxygen atoms in total. The SMILES string of the molecule is Nc1cc(=O)[nH]c(Sc2ccc(C=O)cc2Cl)n1. The van der Waals surface area contributed by atoms with Gasteiger partial charge in [-0.1, -0.05) is 29.4 Å². The minimum atomic E-state index is -0.328. The molecular formula is C11H8ClN3O2S. The van der Waals surface area contributed by atoms with E-state index >= 15 is 0 Å². The van der Waals surface area contributed by atoms with E-state index in [0.717, 1.165) is 0 Å². The lowest BCUT2D eigenvalue weighted by Gasteiger charge is -2.04. The molecule has 0 aliphatic rings.